The Bertz CT molecular complexity index is 389. The molecule has 14 heavy (non-hydrogen) atoms. The highest BCUT2D eigenvalue weighted by Gasteiger charge is 2.30. The van der Waals surface area contributed by atoms with Crippen molar-refractivity contribution in [3.8, 4) is 0 Å². The molecule has 72 valence electrons. The molecular formula is C12H14N2. The van der Waals surface area contributed by atoms with Gasteiger partial charge in [-0.3, -0.25) is 4.99 Å². The van der Waals surface area contributed by atoms with Crippen LogP contribution in [0.4, 0.5) is 5.69 Å². The zero-order chi connectivity index (χ0) is 9.54. The molecule has 1 fully saturated rings. The predicted octanol–water partition coefficient (Wildman–Crippen LogP) is 1.88. The number of aliphatic imine (C=N–C) groups is 1. The van der Waals surface area contributed by atoms with Crippen LogP contribution in [0.3, 0.4) is 0 Å². The Kier molecular flexibility index (Phi) is 1.71. The van der Waals surface area contributed by atoms with Crippen molar-refractivity contribution < 1.29 is 0 Å². The van der Waals surface area contributed by atoms with Crippen LogP contribution in [0.2, 0.25) is 0 Å². The van der Waals surface area contributed by atoms with Crippen LogP contribution in [0.25, 0.3) is 0 Å². The normalized spacial score (nSPS) is 21.6. The summed E-state index contributed by atoms with van der Waals surface area (Å²) in [7, 11) is 2.17. The van der Waals surface area contributed by atoms with Crippen molar-refractivity contribution in [3.05, 3.63) is 29.8 Å². The number of likely N-dealkylation sites (tertiary alicyclic amines) is 1. The Balaban J connectivity index is 1.82. The first-order valence-electron chi connectivity index (χ1n) is 5.17. The molecule has 3 rings (SSSR count). The van der Waals surface area contributed by atoms with Gasteiger partial charge in [-0.2, -0.15) is 0 Å². The van der Waals surface area contributed by atoms with Crippen LogP contribution in [-0.4, -0.2) is 30.7 Å². The van der Waals surface area contributed by atoms with Crippen molar-refractivity contribution in [2.45, 2.75) is 6.42 Å². The molecule has 2 aliphatic rings. The van der Waals surface area contributed by atoms with Crippen molar-refractivity contribution in [1.29, 1.82) is 0 Å². The summed E-state index contributed by atoms with van der Waals surface area (Å²) in [5.41, 5.74) is 3.98. The van der Waals surface area contributed by atoms with Gasteiger partial charge in [-0.15, -0.1) is 0 Å². The molecule has 2 heterocycles. The fraction of sp³-hybridized carbons (Fsp3) is 0.417. The number of nitrogens with zero attached hydrogens (tertiary/aromatic N) is 2. The summed E-state index contributed by atoms with van der Waals surface area (Å²) in [4.78, 5) is 7.04. The van der Waals surface area contributed by atoms with Crippen molar-refractivity contribution in [3.63, 3.8) is 0 Å². The minimum absolute atomic E-state index is 0.715. The number of benzene rings is 1. The summed E-state index contributed by atoms with van der Waals surface area (Å²) in [5, 5.41) is 0. The van der Waals surface area contributed by atoms with Crippen LogP contribution in [-0.2, 0) is 6.42 Å². The third kappa shape index (κ3) is 1.18. The van der Waals surface area contributed by atoms with E-state index in [0.29, 0.717) is 5.92 Å². The Morgan fingerprint density at radius 1 is 1.29 bits per heavy atom. The van der Waals surface area contributed by atoms with Crippen LogP contribution < -0.4 is 0 Å². The van der Waals surface area contributed by atoms with Crippen molar-refractivity contribution in [2.75, 3.05) is 20.1 Å². The number of fused-ring (bicyclic) bond motifs is 1. The molecule has 1 aromatic carbocycles. The van der Waals surface area contributed by atoms with Gasteiger partial charge in [-0.05, 0) is 18.7 Å². The fourth-order valence-corrected chi connectivity index (χ4v) is 2.30. The molecule has 1 aromatic rings. The Labute approximate surface area is 84.3 Å². The van der Waals surface area contributed by atoms with E-state index >= 15 is 0 Å². The maximum absolute atomic E-state index is 4.70. The van der Waals surface area contributed by atoms with E-state index in [1.807, 2.05) is 0 Å². The van der Waals surface area contributed by atoms with E-state index in [1.165, 1.54) is 30.1 Å². The molecule has 1 saturated heterocycles. The van der Waals surface area contributed by atoms with Crippen molar-refractivity contribution >= 4 is 11.4 Å². The van der Waals surface area contributed by atoms with E-state index in [2.05, 4.69) is 36.2 Å². The zero-order valence-corrected chi connectivity index (χ0v) is 8.40. The number of hydrogen-bond acceptors (Lipinski definition) is 2. The summed E-state index contributed by atoms with van der Waals surface area (Å²) in [5.74, 6) is 0.715. The van der Waals surface area contributed by atoms with Crippen LogP contribution in [0.1, 0.15) is 5.56 Å². The molecule has 0 N–H and O–H groups in total. The van der Waals surface area contributed by atoms with E-state index in [1.54, 1.807) is 0 Å². The molecule has 0 atom stereocenters. The van der Waals surface area contributed by atoms with Gasteiger partial charge in [0.25, 0.3) is 0 Å². The first-order chi connectivity index (χ1) is 6.83. The van der Waals surface area contributed by atoms with E-state index < -0.39 is 0 Å². The second kappa shape index (κ2) is 2.92. The Morgan fingerprint density at radius 3 is 2.79 bits per heavy atom. The first kappa shape index (κ1) is 8.18. The van der Waals surface area contributed by atoms with E-state index in [0.717, 1.165) is 6.42 Å². The maximum Gasteiger partial charge on any atom is 0.0665 e. The molecule has 0 bridgehead atoms. The monoisotopic (exact) mass is 186 g/mol. The molecule has 0 spiro atoms. The SMILES string of the molecule is CN1CC(C2=Nc3ccccc3C2)C1. The summed E-state index contributed by atoms with van der Waals surface area (Å²) in [6, 6.07) is 8.47. The predicted molar refractivity (Wildman–Crippen MR) is 58.2 cm³/mol. The molecule has 0 aliphatic carbocycles. The summed E-state index contributed by atoms with van der Waals surface area (Å²) in [6.07, 6.45) is 1.08. The molecule has 0 saturated carbocycles. The molecular weight excluding hydrogens is 172 g/mol. The molecule has 2 nitrogen and oxygen atoms in total. The third-order valence-electron chi connectivity index (χ3n) is 3.16. The van der Waals surface area contributed by atoms with Crippen molar-refractivity contribution in [1.82, 2.24) is 4.90 Å². The van der Waals surface area contributed by atoms with Crippen LogP contribution in [0, 0.1) is 5.92 Å². The van der Waals surface area contributed by atoms with Gasteiger partial charge in [-0.1, -0.05) is 18.2 Å². The largest absolute Gasteiger partial charge is 0.305 e. The number of rotatable bonds is 1. The summed E-state index contributed by atoms with van der Waals surface area (Å²) >= 11 is 0. The van der Waals surface area contributed by atoms with Gasteiger partial charge in [0.1, 0.15) is 0 Å². The van der Waals surface area contributed by atoms with E-state index in [9.17, 15) is 0 Å². The van der Waals surface area contributed by atoms with Gasteiger partial charge in [0.2, 0.25) is 0 Å². The standard InChI is InChI=1S/C12H14N2/c1-14-7-10(8-14)12-6-9-4-2-3-5-11(9)13-12/h2-5,10H,6-8H2,1H3. The number of para-hydroxylation sites is 1. The molecule has 0 unspecified atom stereocenters. The van der Waals surface area contributed by atoms with Gasteiger partial charge in [-0.25, -0.2) is 0 Å². The second-order valence-corrected chi connectivity index (χ2v) is 4.33. The van der Waals surface area contributed by atoms with Gasteiger partial charge >= 0.3 is 0 Å². The minimum atomic E-state index is 0.715. The molecule has 0 amide bonds. The average molecular weight is 186 g/mol. The van der Waals surface area contributed by atoms with Crippen LogP contribution in [0.5, 0.6) is 0 Å². The summed E-state index contributed by atoms with van der Waals surface area (Å²) in [6.45, 7) is 2.37. The van der Waals surface area contributed by atoms with Gasteiger partial charge in [0.05, 0.1) is 5.69 Å². The smallest absolute Gasteiger partial charge is 0.0665 e. The second-order valence-electron chi connectivity index (χ2n) is 4.33. The lowest BCUT2D eigenvalue weighted by molar-refractivity contribution is 0.182. The van der Waals surface area contributed by atoms with Crippen LogP contribution in [0.15, 0.2) is 29.3 Å². The third-order valence-corrected chi connectivity index (χ3v) is 3.16. The molecule has 2 heteroatoms. The highest BCUT2D eigenvalue weighted by Crippen LogP contribution is 2.30. The first-order valence-corrected chi connectivity index (χ1v) is 5.17. The van der Waals surface area contributed by atoms with E-state index in [-0.39, 0.29) is 0 Å². The van der Waals surface area contributed by atoms with Gasteiger partial charge in [0, 0.05) is 31.1 Å². The maximum atomic E-state index is 4.70. The van der Waals surface area contributed by atoms with Crippen LogP contribution >= 0.6 is 0 Å². The topological polar surface area (TPSA) is 15.6 Å². The lowest BCUT2D eigenvalue weighted by atomic mass is 9.92. The van der Waals surface area contributed by atoms with Crippen molar-refractivity contribution in [2.24, 2.45) is 10.9 Å². The minimum Gasteiger partial charge on any atom is -0.305 e. The van der Waals surface area contributed by atoms with Gasteiger partial charge in [0.15, 0.2) is 0 Å². The quantitative estimate of drug-likeness (QED) is 0.654. The lowest BCUT2D eigenvalue weighted by Crippen LogP contribution is -2.47. The lowest BCUT2D eigenvalue weighted by Gasteiger charge is -2.36. The summed E-state index contributed by atoms with van der Waals surface area (Å²) < 4.78 is 0. The Hall–Kier alpha value is -1.15. The van der Waals surface area contributed by atoms with Gasteiger partial charge < -0.3 is 4.90 Å². The fourth-order valence-electron chi connectivity index (χ4n) is 2.30. The van der Waals surface area contributed by atoms with E-state index in [4.69, 9.17) is 4.99 Å². The average Bonchev–Trinajstić information content (AvgIpc) is 2.55. The highest BCUT2D eigenvalue weighted by atomic mass is 15.2. The number of hydrogen-bond donors (Lipinski definition) is 0. The molecule has 2 aliphatic heterocycles. The Morgan fingerprint density at radius 2 is 2.07 bits per heavy atom. The molecule has 0 aromatic heterocycles. The molecule has 0 radical (unpaired) electrons. The highest BCUT2D eigenvalue weighted by molar-refractivity contribution is 5.96. The zero-order valence-electron chi connectivity index (χ0n) is 8.40.